The molecule has 1 N–H and O–H groups in total. The molecular formula is C28H28F3N7O. The van der Waals surface area contributed by atoms with Crippen molar-refractivity contribution in [3.63, 3.8) is 0 Å². The number of halogens is 3. The summed E-state index contributed by atoms with van der Waals surface area (Å²) in [6, 6.07) is 5.17. The fraction of sp³-hybridized carbons (Fsp3) is 0.321. The highest BCUT2D eigenvalue weighted by Crippen LogP contribution is 2.38. The van der Waals surface area contributed by atoms with Crippen LogP contribution < -0.4 is 0 Å². The molecule has 1 aromatic carbocycles. The molecule has 1 fully saturated rings. The minimum atomic E-state index is -4.39. The molecule has 39 heavy (non-hydrogen) atoms. The van der Waals surface area contributed by atoms with Crippen molar-refractivity contribution in [3.8, 4) is 11.4 Å². The van der Waals surface area contributed by atoms with Crippen molar-refractivity contribution in [1.82, 2.24) is 35.2 Å². The highest BCUT2D eigenvalue weighted by atomic mass is 19.4. The first-order chi connectivity index (χ1) is 19.0. The number of tetrazole rings is 1. The standard InChI is InChI=1S/C28H28F3N7O/c1-2-3-9-20(13-14-39-18-19-8-7-12-22(15-19)28(29,30)31)23-16-32-27-24(26-34-36-37-35-26)17-33-38(27)25(23)21-10-5-4-6-11-21/h2-3,7-9,12-13,15-17,21H,1,4-6,10-11,14,18H2,(H,34,35,36,37)/b9-3-,20-13+. The van der Waals surface area contributed by atoms with Gasteiger partial charge >= 0.3 is 6.18 Å². The number of rotatable bonds is 9. The van der Waals surface area contributed by atoms with E-state index in [-0.39, 0.29) is 19.1 Å². The first-order valence-corrected chi connectivity index (χ1v) is 12.8. The van der Waals surface area contributed by atoms with Gasteiger partial charge in [-0.1, -0.05) is 62.3 Å². The number of hydrogen-bond acceptors (Lipinski definition) is 6. The van der Waals surface area contributed by atoms with Crippen LogP contribution in [0.3, 0.4) is 0 Å². The van der Waals surface area contributed by atoms with Gasteiger partial charge in [0.2, 0.25) is 5.82 Å². The van der Waals surface area contributed by atoms with Crippen LogP contribution >= 0.6 is 0 Å². The number of aromatic amines is 1. The number of allylic oxidation sites excluding steroid dienone is 4. The van der Waals surface area contributed by atoms with Crippen LogP contribution in [0.4, 0.5) is 13.2 Å². The van der Waals surface area contributed by atoms with E-state index >= 15 is 0 Å². The Kier molecular flexibility index (Phi) is 7.97. The molecule has 8 nitrogen and oxygen atoms in total. The van der Waals surface area contributed by atoms with Crippen LogP contribution in [0.5, 0.6) is 0 Å². The molecule has 0 saturated heterocycles. The van der Waals surface area contributed by atoms with Gasteiger partial charge in [-0.2, -0.15) is 23.5 Å². The quantitative estimate of drug-likeness (QED) is 0.199. The highest BCUT2D eigenvalue weighted by molar-refractivity contribution is 5.78. The zero-order valence-electron chi connectivity index (χ0n) is 21.2. The Morgan fingerprint density at radius 3 is 2.77 bits per heavy atom. The van der Waals surface area contributed by atoms with E-state index < -0.39 is 11.7 Å². The fourth-order valence-electron chi connectivity index (χ4n) is 4.98. The van der Waals surface area contributed by atoms with Crippen molar-refractivity contribution in [2.75, 3.05) is 6.61 Å². The molecule has 0 amide bonds. The predicted octanol–water partition coefficient (Wildman–Crippen LogP) is 6.32. The number of nitrogens with zero attached hydrogens (tertiary/aromatic N) is 6. The number of aromatic nitrogens is 7. The Hall–Kier alpha value is -4.12. The van der Waals surface area contributed by atoms with Crippen molar-refractivity contribution in [3.05, 3.63) is 89.9 Å². The minimum Gasteiger partial charge on any atom is -0.373 e. The molecule has 1 aliphatic rings. The number of hydrogen-bond donors (Lipinski definition) is 1. The normalized spacial score (nSPS) is 15.4. The van der Waals surface area contributed by atoms with E-state index in [0.717, 1.165) is 54.6 Å². The Labute approximate surface area is 223 Å². The Morgan fingerprint density at radius 2 is 2.03 bits per heavy atom. The maximum absolute atomic E-state index is 13.1. The first-order valence-electron chi connectivity index (χ1n) is 12.8. The van der Waals surface area contributed by atoms with Gasteiger partial charge in [0.05, 0.1) is 36.2 Å². The SMILES string of the molecule is C=C/C=C\C(=C/COCc1cccc(C(F)(F)F)c1)c1cnc2c(-c3nn[nH]n3)cnn2c1C1CCCCC1. The van der Waals surface area contributed by atoms with Crippen molar-refractivity contribution in [2.45, 2.75) is 50.8 Å². The fourth-order valence-corrected chi connectivity index (χ4v) is 4.98. The summed E-state index contributed by atoms with van der Waals surface area (Å²) in [5.74, 6) is 0.703. The molecular weight excluding hydrogens is 507 g/mol. The zero-order valence-corrected chi connectivity index (χ0v) is 21.2. The molecule has 3 aromatic heterocycles. The maximum Gasteiger partial charge on any atom is 0.416 e. The van der Waals surface area contributed by atoms with E-state index in [1.807, 2.05) is 28.9 Å². The highest BCUT2D eigenvalue weighted by Gasteiger charge is 2.30. The smallest absolute Gasteiger partial charge is 0.373 e. The molecule has 0 atom stereocenters. The van der Waals surface area contributed by atoms with Gasteiger partial charge in [-0.3, -0.25) is 0 Å². The molecule has 0 unspecified atom stereocenters. The molecule has 4 aromatic rings. The lowest BCUT2D eigenvalue weighted by atomic mass is 9.84. The second kappa shape index (κ2) is 11.7. The van der Waals surface area contributed by atoms with E-state index in [2.05, 4.69) is 32.3 Å². The van der Waals surface area contributed by atoms with Crippen molar-refractivity contribution >= 4 is 11.2 Å². The van der Waals surface area contributed by atoms with Crippen LogP contribution in [0, 0.1) is 0 Å². The maximum atomic E-state index is 13.1. The van der Waals surface area contributed by atoms with Gasteiger partial charge in [0, 0.05) is 17.7 Å². The molecule has 202 valence electrons. The van der Waals surface area contributed by atoms with Gasteiger partial charge in [-0.25, -0.2) is 9.50 Å². The van der Waals surface area contributed by atoms with Gasteiger partial charge in [-0.15, -0.1) is 10.2 Å². The van der Waals surface area contributed by atoms with E-state index in [4.69, 9.17) is 9.72 Å². The molecule has 0 radical (unpaired) electrons. The largest absolute Gasteiger partial charge is 0.416 e. The van der Waals surface area contributed by atoms with Gasteiger partial charge in [0.15, 0.2) is 5.65 Å². The van der Waals surface area contributed by atoms with Gasteiger partial charge < -0.3 is 4.74 Å². The summed E-state index contributed by atoms with van der Waals surface area (Å²) in [6.07, 6.45) is 12.0. The summed E-state index contributed by atoms with van der Waals surface area (Å²) in [4.78, 5) is 4.72. The molecule has 1 aliphatic carbocycles. The van der Waals surface area contributed by atoms with Gasteiger partial charge in [0.1, 0.15) is 0 Å². The monoisotopic (exact) mass is 535 g/mol. The summed E-state index contributed by atoms with van der Waals surface area (Å²) < 4.78 is 46.8. The van der Waals surface area contributed by atoms with Crippen LogP contribution in [0.25, 0.3) is 22.6 Å². The average molecular weight is 536 g/mol. The van der Waals surface area contributed by atoms with Crippen molar-refractivity contribution in [1.29, 1.82) is 0 Å². The van der Waals surface area contributed by atoms with E-state index in [1.165, 1.54) is 12.5 Å². The third-order valence-corrected chi connectivity index (χ3v) is 6.81. The number of alkyl halides is 3. The summed E-state index contributed by atoms with van der Waals surface area (Å²) in [5, 5.41) is 19.0. The lowest BCUT2D eigenvalue weighted by Gasteiger charge is -2.25. The number of fused-ring (bicyclic) bond motifs is 1. The lowest BCUT2D eigenvalue weighted by Crippen LogP contribution is -2.14. The number of nitrogens with one attached hydrogen (secondary N) is 1. The molecule has 0 spiro atoms. The van der Waals surface area contributed by atoms with Crippen molar-refractivity contribution in [2.24, 2.45) is 0 Å². The van der Waals surface area contributed by atoms with Crippen LogP contribution in [0.15, 0.2) is 67.5 Å². The molecule has 0 bridgehead atoms. The lowest BCUT2D eigenvalue weighted by molar-refractivity contribution is -0.137. The molecule has 0 aliphatic heterocycles. The topological polar surface area (TPSA) is 93.9 Å². The Bertz CT molecular complexity index is 1480. The Morgan fingerprint density at radius 1 is 1.18 bits per heavy atom. The molecule has 3 heterocycles. The number of benzene rings is 1. The second-order valence-electron chi connectivity index (χ2n) is 9.39. The molecule has 1 saturated carbocycles. The van der Waals surface area contributed by atoms with E-state index in [0.29, 0.717) is 22.6 Å². The van der Waals surface area contributed by atoms with Gasteiger partial charge in [-0.05, 0) is 41.3 Å². The first kappa shape index (κ1) is 26.5. The number of H-pyrrole nitrogens is 1. The third kappa shape index (κ3) is 5.98. The van der Waals surface area contributed by atoms with Crippen LogP contribution in [-0.2, 0) is 17.5 Å². The Balaban J connectivity index is 1.47. The summed E-state index contributed by atoms with van der Waals surface area (Å²) in [7, 11) is 0. The van der Waals surface area contributed by atoms with Crippen LogP contribution in [0.1, 0.15) is 60.4 Å². The summed E-state index contributed by atoms with van der Waals surface area (Å²) in [5.41, 5.74) is 3.93. The predicted molar refractivity (Wildman–Crippen MR) is 140 cm³/mol. The van der Waals surface area contributed by atoms with Crippen LogP contribution in [0.2, 0.25) is 0 Å². The molecule has 11 heteroatoms. The second-order valence-corrected chi connectivity index (χ2v) is 9.39. The van der Waals surface area contributed by atoms with Crippen LogP contribution in [-0.4, -0.2) is 41.8 Å². The average Bonchev–Trinajstić information content (AvgIpc) is 3.62. The van der Waals surface area contributed by atoms with Crippen molar-refractivity contribution < 1.29 is 17.9 Å². The number of ether oxygens (including phenoxy) is 1. The van der Waals surface area contributed by atoms with E-state index in [1.54, 1.807) is 18.3 Å². The summed E-state index contributed by atoms with van der Waals surface area (Å²) >= 11 is 0. The zero-order chi connectivity index (χ0) is 27.2. The van der Waals surface area contributed by atoms with E-state index in [9.17, 15) is 13.2 Å². The van der Waals surface area contributed by atoms with Gasteiger partial charge in [0.25, 0.3) is 0 Å². The molecule has 5 rings (SSSR count). The summed E-state index contributed by atoms with van der Waals surface area (Å²) in [6.45, 7) is 4.04. The minimum absolute atomic E-state index is 0.0544. The third-order valence-electron chi connectivity index (χ3n) is 6.81.